The maximum absolute atomic E-state index is 12.3. The predicted octanol–water partition coefficient (Wildman–Crippen LogP) is 3.29. The highest BCUT2D eigenvalue weighted by Gasteiger charge is 2.20. The molecule has 3 aromatic rings. The average Bonchev–Trinajstić information content (AvgIpc) is 3.05. The third kappa shape index (κ3) is 3.67. The lowest BCUT2D eigenvalue weighted by atomic mass is 10.2. The summed E-state index contributed by atoms with van der Waals surface area (Å²) in [5, 5.41) is 11.1. The highest BCUT2D eigenvalue weighted by atomic mass is 35.5. The number of hydrogen-bond donors (Lipinski definition) is 1. The molecule has 1 amide bonds. The fourth-order valence-electron chi connectivity index (χ4n) is 2.41. The molecule has 134 valence electrons. The number of esters is 1. The number of aryl methyl sites for hydroxylation is 1. The number of amides is 1. The number of benzene rings is 2. The van der Waals surface area contributed by atoms with Gasteiger partial charge in [0.1, 0.15) is 5.52 Å². The molecule has 2 aromatic carbocycles. The summed E-state index contributed by atoms with van der Waals surface area (Å²) in [7, 11) is 0. The van der Waals surface area contributed by atoms with Crippen molar-refractivity contribution in [2.24, 2.45) is 0 Å². The second-order valence-corrected chi connectivity index (χ2v) is 6.03. The van der Waals surface area contributed by atoms with Crippen LogP contribution in [0.3, 0.4) is 0 Å². The van der Waals surface area contributed by atoms with Crippen LogP contribution >= 0.6 is 11.6 Å². The first kappa shape index (κ1) is 17.9. The van der Waals surface area contributed by atoms with Crippen LogP contribution in [-0.2, 0) is 16.1 Å². The minimum absolute atomic E-state index is 0.304. The first-order chi connectivity index (χ1) is 12.5. The lowest BCUT2D eigenvalue weighted by molar-refractivity contribution is -0.123. The lowest BCUT2D eigenvalue weighted by Crippen LogP contribution is -2.30. The summed E-state index contributed by atoms with van der Waals surface area (Å²) < 4.78 is 6.97. The molecule has 0 aliphatic heterocycles. The minimum atomic E-state index is -0.985. The van der Waals surface area contributed by atoms with Crippen LogP contribution in [-0.4, -0.2) is 33.0 Å². The van der Waals surface area contributed by atoms with E-state index in [4.69, 9.17) is 16.3 Å². The molecule has 1 aromatic heterocycles. The van der Waals surface area contributed by atoms with Gasteiger partial charge in [-0.1, -0.05) is 28.9 Å². The van der Waals surface area contributed by atoms with Gasteiger partial charge in [0.25, 0.3) is 5.91 Å². The van der Waals surface area contributed by atoms with Crippen LogP contribution in [0.1, 0.15) is 24.2 Å². The van der Waals surface area contributed by atoms with E-state index in [1.165, 1.54) is 6.92 Å². The number of nitrogens with zero attached hydrogens (tertiary/aromatic N) is 3. The molecule has 0 radical (unpaired) electrons. The molecule has 0 saturated carbocycles. The van der Waals surface area contributed by atoms with Crippen LogP contribution in [0.5, 0.6) is 0 Å². The zero-order valence-corrected chi connectivity index (χ0v) is 15.0. The zero-order valence-electron chi connectivity index (χ0n) is 14.3. The van der Waals surface area contributed by atoms with Gasteiger partial charge in [-0.05, 0) is 44.2 Å². The quantitative estimate of drug-likeness (QED) is 0.694. The molecule has 3 rings (SSSR count). The molecule has 0 unspecified atom stereocenters. The molecule has 1 N–H and O–H groups in total. The van der Waals surface area contributed by atoms with Crippen LogP contribution in [0.4, 0.5) is 5.69 Å². The van der Waals surface area contributed by atoms with Gasteiger partial charge in [0.05, 0.1) is 21.8 Å². The predicted molar refractivity (Wildman–Crippen MR) is 98.2 cm³/mol. The van der Waals surface area contributed by atoms with Gasteiger partial charge in [-0.25, -0.2) is 9.48 Å². The molecule has 8 heteroatoms. The van der Waals surface area contributed by atoms with E-state index >= 15 is 0 Å². The monoisotopic (exact) mass is 372 g/mol. The van der Waals surface area contributed by atoms with Gasteiger partial charge >= 0.3 is 5.97 Å². The van der Waals surface area contributed by atoms with Crippen molar-refractivity contribution in [3.05, 3.63) is 53.1 Å². The van der Waals surface area contributed by atoms with Gasteiger partial charge in [-0.2, -0.15) is 0 Å². The summed E-state index contributed by atoms with van der Waals surface area (Å²) in [6.07, 6.45) is -0.985. The van der Waals surface area contributed by atoms with Crippen molar-refractivity contribution in [1.82, 2.24) is 15.0 Å². The number of carbonyl (C=O) groups is 2. The van der Waals surface area contributed by atoms with Crippen molar-refractivity contribution in [3.8, 4) is 0 Å². The Morgan fingerprint density at radius 1 is 1.27 bits per heavy atom. The number of aromatic nitrogens is 3. The number of nitrogens with one attached hydrogen (secondary N) is 1. The average molecular weight is 373 g/mol. The van der Waals surface area contributed by atoms with Gasteiger partial charge < -0.3 is 10.1 Å². The van der Waals surface area contributed by atoms with Crippen molar-refractivity contribution in [2.45, 2.75) is 26.5 Å². The summed E-state index contributed by atoms with van der Waals surface area (Å²) in [5.41, 5.74) is 2.18. The van der Waals surface area contributed by atoms with E-state index in [2.05, 4.69) is 15.6 Å². The Hall–Kier alpha value is -2.93. The normalized spacial score (nSPS) is 12.0. The van der Waals surface area contributed by atoms with E-state index in [1.807, 2.05) is 6.92 Å². The fourth-order valence-corrected chi connectivity index (χ4v) is 2.59. The molecule has 0 spiro atoms. The van der Waals surface area contributed by atoms with Gasteiger partial charge in [-0.15, -0.1) is 5.10 Å². The summed E-state index contributed by atoms with van der Waals surface area (Å²) in [4.78, 5) is 24.5. The molecule has 0 saturated heterocycles. The van der Waals surface area contributed by atoms with E-state index in [9.17, 15) is 9.59 Å². The minimum Gasteiger partial charge on any atom is -0.449 e. The lowest BCUT2D eigenvalue weighted by Gasteiger charge is -2.14. The molecule has 1 heterocycles. The maximum Gasteiger partial charge on any atom is 0.338 e. The van der Waals surface area contributed by atoms with Gasteiger partial charge in [-0.3, -0.25) is 4.79 Å². The molecule has 0 bridgehead atoms. The van der Waals surface area contributed by atoms with E-state index in [0.29, 0.717) is 28.3 Å². The zero-order chi connectivity index (χ0) is 18.7. The number of fused-ring (bicyclic) bond motifs is 1. The Morgan fingerprint density at radius 3 is 2.77 bits per heavy atom. The van der Waals surface area contributed by atoms with Gasteiger partial charge in [0.15, 0.2) is 6.10 Å². The maximum atomic E-state index is 12.3. The van der Waals surface area contributed by atoms with Crippen molar-refractivity contribution < 1.29 is 14.3 Å². The number of ether oxygens (including phenoxy) is 1. The molecular formula is C18H17ClN4O3. The second-order valence-electron chi connectivity index (χ2n) is 5.63. The Kier molecular flexibility index (Phi) is 5.18. The third-order valence-electron chi connectivity index (χ3n) is 3.83. The summed E-state index contributed by atoms with van der Waals surface area (Å²) in [6.45, 7) is 4.13. The molecule has 0 aliphatic rings. The number of carbonyl (C=O) groups excluding carboxylic acids is 2. The largest absolute Gasteiger partial charge is 0.449 e. The van der Waals surface area contributed by atoms with Crippen LogP contribution in [0.25, 0.3) is 11.0 Å². The van der Waals surface area contributed by atoms with E-state index in [0.717, 1.165) is 5.52 Å². The highest BCUT2D eigenvalue weighted by molar-refractivity contribution is 6.33. The van der Waals surface area contributed by atoms with Crippen molar-refractivity contribution in [3.63, 3.8) is 0 Å². The topological polar surface area (TPSA) is 86.1 Å². The van der Waals surface area contributed by atoms with E-state index < -0.39 is 18.0 Å². The van der Waals surface area contributed by atoms with Crippen LogP contribution in [0.2, 0.25) is 5.02 Å². The highest BCUT2D eigenvalue weighted by Crippen LogP contribution is 2.21. The van der Waals surface area contributed by atoms with Crippen molar-refractivity contribution in [1.29, 1.82) is 0 Å². The number of halogens is 1. The van der Waals surface area contributed by atoms with Crippen LogP contribution in [0, 0.1) is 0 Å². The van der Waals surface area contributed by atoms with Crippen molar-refractivity contribution in [2.75, 3.05) is 5.32 Å². The standard InChI is InChI=1S/C18H17ClN4O3/c1-3-23-16-9-8-12(10-15(16)21-22-23)18(25)26-11(2)17(24)20-14-7-5-4-6-13(14)19/h4-11H,3H2,1-2H3,(H,20,24)/t11-/m1/s1. The Balaban J connectivity index is 1.68. The first-order valence-corrected chi connectivity index (χ1v) is 8.47. The molecule has 1 atom stereocenters. The summed E-state index contributed by atoms with van der Waals surface area (Å²) in [5.74, 6) is -1.08. The molecule has 0 fully saturated rings. The van der Waals surface area contributed by atoms with E-state index in [1.54, 1.807) is 47.1 Å². The fraction of sp³-hybridized carbons (Fsp3) is 0.222. The first-order valence-electron chi connectivity index (χ1n) is 8.09. The van der Waals surface area contributed by atoms with Gasteiger partial charge in [0, 0.05) is 6.54 Å². The van der Waals surface area contributed by atoms with Crippen LogP contribution < -0.4 is 5.32 Å². The molecule has 26 heavy (non-hydrogen) atoms. The molecular weight excluding hydrogens is 356 g/mol. The number of hydrogen-bond acceptors (Lipinski definition) is 5. The third-order valence-corrected chi connectivity index (χ3v) is 4.16. The molecule has 0 aliphatic carbocycles. The Morgan fingerprint density at radius 2 is 2.04 bits per heavy atom. The Bertz CT molecular complexity index is 970. The van der Waals surface area contributed by atoms with Crippen LogP contribution in [0.15, 0.2) is 42.5 Å². The second kappa shape index (κ2) is 7.53. The van der Waals surface area contributed by atoms with Gasteiger partial charge in [0.2, 0.25) is 0 Å². The van der Waals surface area contributed by atoms with E-state index in [-0.39, 0.29) is 0 Å². The molecule has 7 nitrogen and oxygen atoms in total. The number of para-hydroxylation sites is 1. The summed E-state index contributed by atoms with van der Waals surface area (Å²) in [6, 6.07) is 11.8. The van der Waals surface area contributed by atoms with Crippen molar-refractivity contribution >= 4 is 40.2 Å². The Labute approximate surface area is 154 Å². The SMILES string of the molecule is CCn1nnc2cc(C(=O)O[C@H](C)C(=O)Nc3ccccc3Cl)ccc21. The number of anilines is 1. The summed E-state index contributed by atoms with van der Waals surface area (Å²) >= 11 is 6.01. The number of rotatable bonds is 5. The smallest absolute Gasteiger partial charge is 0.338 e.